The lowest BCUT2D eigenvalue weighted by Gasteiger charge is -2.14. The summed E-state index contributed by atoms with van der Waals surface area (Å²) in [7, 11) is 1.66. The van der Waals surface area contributed by atoms with Crippen LogP contribution in [0.15, 0.2) is 53.5 Å². The zero-order chi connectivity index (χ0) is 19.5. The van der Waals surface area contributed by atoms with E-state index in [1.54, 1.807) is 25.3 Å². The predicted octanol–water partition coefficient (Wildman–Crippen LogP) is 3.69. The Morgan fingerprint density at radius 1 is 1.07 bits per heavy atom. The number of aliphatic imine (C=N–C) groups is 1. The summed E-state index contributed by atoms with van der Waals surface area (Å²) in [5.74, 6) is 0.754. The highest BCUT2D eigenvalue weighted by molar-refractivity contribution is 5.79. The van der Waals surface area contributed by atoms with E-state index in [0.29, 0.717) is 37.8 Å². The number of halogens is 2. The summed E-state index contributed by atoms with van der Waals surface area (Å²) in [5, 5.41) is 6.30. The van der Waals surface area contributed by atoms with Gasteiger partial charge in [0.15, 0.2) is 5.96 Å². The molecule has 27 heavy (non-hydrogen) atoms. The number of hydrogen-bond acceptors (Lipinski definition) is 3. The number of rotatable bonds is 9. The third-order valence-corrected chi connectivity index (χ3v) is 3.70. The number of guanidine groups is 1. The molecule has 0 aliphatic rings. The second kappa shape index (κ2) is 11.1. The van der Waals surface area contributed by atoms with Crippen LogP contribution in [-0.4, -0.2) is 26.2 Å². The van der Waals surface area contributed by atoms with Crippen molar-refractivity contribution < 1.29 is 18.3 Å². The van der Waals surface area contributed by atoms with E-state index in [-0.39, 0.29) is 5.75 Å². The van der Waals surface area contributed by atoms with E-state index in [4.69, 9.17) is 4.74 Å². The molecule has 0 spiro atoms. The molecule has 0 atom stereocenters. The summed E-state index contributed by atoms with van der Waals surface area (Å²) in [6.45, 7) is 1.15. The topological polar surface area (TPSA) is 54.9 Å². The van der Waals surface area contributed by atoms with Crippen molar-refractivity contribution in [2.75, 3.05) is 13.7 Å². The maximum absolute atomic E-state index is 12.5. The van der Waals surface area contributed by atoms with Crippen molar-refractivity contribution in [1.82, 2.24) is 10.6 Å². The first-order valence-corrected chi connectivity index (χ1v) is 8.74. The van der Waals surface area contributed by atoms with Gasteiger partial charge in [-0.2, -0.15) is 8.78 Å². The van der Waals surface area contributed by atoms with Crippen molar-refractivity contribution in [1.29, 1.82) is 0 Å². The van der Waals surface area contributed by atoms with E-state index in [9.17, 15) is 8.78 Å². The molecule has 0 aliphatic carbocycles. The van der Waals surface area contributed by atoms with Gasteiger partial charge in [0.05, 0.1) is 13.2 Å². The van der Waals surface area contributed by atoms with E-state index in [1.165, 1.54) is 6.07 Å². The van der Waals surface area contributed by atoms with Crippen molar-refractivity contribution in [3.05, 3.63) is 65.2 Å². The molecular weight excluding hydrogens is 352 g/mol. The summed E-state index contributed by atoms with van der Waals surface area (Å²) in [4.78, 5) is 4.56. The van der Waals surface area contributed by atoms with Gasteiger partial charge in [-0.25, -0.2) is 4.99 Å². The Morgan fingerprint density at radius 3 is 2.59 bits per heavy atom. The van der Waals surface area contributed by atoms with Gasteiger partial charge in [0.25, 0.3) is 0 Å². The van der Waals surface area contributed by atoms with Crippen LogP contribution >= 0.6 is 0 Å². The highest BCUT2D eigenvalue weighted by atomic mass is 19.3. The highest BCUT2D eigenvalue weighted by Gasteiger charge is 2.09. The van der Waals surface area contributed by atoms with Crippen molar-refractivity contribution in [2.45, 2.75) is 33.2 Å². The molecule has 2 aromatic rings. The summed E-state index contributed by atoms with van der Waals surface area (Å²) in [6, 6.07) is 14.7. The Kier molecular flexibility index (Phi) is 8.51. The number of para-hydroxylation sites is 1. The van der Waals surface area contributed by atoms with E-state index in [0.717, 1.165) is 11.1 Å². The Bertz CT molecular complexity index is 739. The molecule has 0 fully saturated rings. The summed E-state index contributed by atoms with van der Waals surface area (Å²) in [5.41, 5.74) is 2.77. The first-order valence-electron chi connectivity index (χ1n) is 8.74. The Hall–Kier alpha value is -2.67. The van der Waals surface area contributed by atoms with Gasteiger partial charge in [0.2, 0.25) is 0 Å². The molecule has 0 amide bonds. The average molecular weight is 377 g/mol. The van der Waals surface area contributed by atoms with Gasteiger partial charge in [-0.05, 0) is 24.1 Å². The van der Waals surface area contributed by atoms with Gasteiger partial charge in [0.1, 0.15) is 5.75 Å². The monoisotopic (exact) mass is 377 g/mol. The lowest BCUT2D eigenvalue weighted by molar-refractivity contribution is -0.0504. The summed E-state index contributed by atoms with van der Waals surface area (Å²) in [6.07, 6.45) is 0. The van der Waals surface area contributed by atoms with Crippen LogP contribution in [0.25, 0.3) is 0 Å². The molecule has 0 bridgehead atoms. The number of benzene rings is 2. The van der Waals surface area contributed by atoms with Gasteiger partial charge in [-0.1, -0.05) is 42.5 Å². The summed E-state index contributed by atoms with van der Waals surface area (Å²) >= 11 is 0. The normalized spacial score (nSPS) is 11.5. The third kappa shape index (κ3) is 7.22. The number of ether oxygens (including phenoxy) is 2. The van der Waals surface area contributed by atoms with Gasteiger partial charge in [-0.3, -0.25) is 0 Å². The van der Waals surface area contributed by atoms with Crippen LogP contribution in [0.3, 0.4) is 0 Å². The van der Waals surface area contributed by atoms with Gasteiger partial charge in [0, 0.05) is 25.8 Å². The fourth-order valence-corrected chi connectivity index (χ4v) is 2.54. The van der Waals surface area contributed by atoms with Crippen LogP contribution in [0.4, 0.5) is 8.78 Å². The minimum atomic E-state index is -2.85. The molecule has 0 aromatic heterocycles. The number of nitrogens with zero attached hydrogens (tertiary/aromatic N) is 1. The van der Waals surface area contributed by atoms with Gasteiger partial charge < -0.3 is 20.1 Å². The van der Waals surface area contributed by atoms with Gasteiger partial charge >= 0.3 is 6.61 Å². The first kappa shape index (κ1) is 20.6. The van der Waals surface area contributed by atoms with Crippen molar-refractivity contribution in [2.24, 2.45) is 4.99 Å². The SMILES string of the molecule is CCNC(=NCc1cccc(COC)c1)NCc1ccccc1OC(F)F. The van der Waals surface area contributed by atoms with Crippen molar-refractivity contribution in [3.8, 4) is 5.75 Å². The predicted molar refractivity (Wildman–Crippen MR) is 102 cm³/mol. The van der Waals surface area contributed by atoms with Crippen LogP contribution in [0.2, 0.25) is 0 Å². The largest absolute Gasteiger partial charge is 0.434 e. The van der Waals surface area contributed by atoms with Crippen molar-refractivity contribution >= 4 is 5.96 Å². The Morgan fingerprint density at radius 2 is 1.85 bits per heavy atom. The van der Waals surface area contributed by atoms with Crippen LogP contribution in [-0.2, 0) is 24.4 Å². The quantitative estimate of drug-likeness (QED) is 0.517. The van der Waals surface area contributed by atoms with Crippen LogP contribution < -0.4 is 15.4 Å². The number of methoxy groups -OCH3 is 1. The third-order valence-electron chi connectivity index (χ3n) is 3.70. The van der Waals surface area contributed by atoms with E-state index < -0.39 is 6.61 Å². The molecule has 5 nitrogen and oxygen atoms in total. The van der Waals surface area contributed by atoms with Gasteiger partial charge in [-0.15, -0.1) is 0 Å². The fourth-order valence-electron chi connectivity index (χ4n) is 2.54. The first-order chi connectivity index (χ1) is 13.1. The van der Waals surface area contributed by atoms with E-state index in [1.807, 2.05) is 31.2 Å². The molecule has 0 unspecified atom stereocenters. The lowest BCUT2D eigenvalue weighted by atomic mass is 10.1. The van der Waals surface area contributed by atoms with E-state index in [2.05, 4.69) is 20.4 Å². The lowest BCUT2D eigenvalue weighted by Crippen LogP contribution is -2.36. The summed E-state index contributed by atoms with van der Waals surface area (Å²) < 4.78 is 34.8. The van der Waals surface area contributed by atoms with Crippen LogP contribution in [0.5, 0.6) is 5.75 Å². The average Bonchev–Trinajstić information content (AvgIpc) is 2.65. The fraction of sp³-hybridized carbons (Fsp3) is 0.350. The Balaban J connectivity index is 2.03. The smallest absolute Gasteiger partial charge is 0.387 e. The minimum Gasteiger partial charge on any atom is -0.434 e. The highest BCUT2D eigenvalue weighted by Crippen LogP contribution is 2.19. The number of hydrogen-bond donors (Lipinski definition) is 2. The second-order valence-electron chi connectivity index (χ2n) is 5.79. The molecule has 0 radical (unpaired) electrons. The zero-order valence-corrected chi connectivity index (χ0v) is 15.5. The molecule has 146 valence electrons. The van der Waals surface area contributed by atoms with Crippen LogP contribution in [0.1, 0.15) is 23.6 Å². The molecule has 0 aliphatic heterocycles. The second-order valence-corrected chi connectivity index (χ2v) is 5.79. The molecule has 0 saturated carbocycles. The molecule has 7 heteroatoms. The maximum atomic E-state index is 12.5. The maximum Gasteiger partial charge on any atom is 0.387 e. The molecule has 0 heterocycles. The number of alkyl halides is 2. The molecule has 2 aromatic carbocycles. The Labute approximate surface area is 158 Å². The standard InChI is InChI=1S/C20H25F2N3O2/c1-3-23-20(24-12-15-7-6-8-16(11-15)14-26-2)25-13-17-9-4-5-10-18(17)27-19(21)22/h4-11,19H,3,12-14H2,1-2H3,(H2,23,24,25). The van der Waals surface area contributed by atoms with E-state index >= 15 is 0 Å². The number of nitrogens with one attached hydrogen (secondary N) is 2. The molecular formula is C20H25F2N3O2. The molecule has 2 rings (SSSR count). The minimum absolute atomic E-state index is 0.156. The molecule has 2 N–H and O–H groups in total. The molecule has 0 saturated heterocycles. The zero-order valence-electron chi connectivity index (χ0n) is 15.5. The van der Waals surface area contributed by atoms with Crippen LogP contribution in [0, 0.1) is 0 Å². The van der Waals surface area contributed by atoms with Crippen molar-refractivity contribution in [3.63, 3.8) is 0 Å².